The van der Waals surface area contributed by atoms with Gasteiger partial charge in [-0.1, -0.05) is 27.2 Å². The van der Waals surface area contributed by atoms with Gasteiger partial charge in [0, 0.05) is 32.3 Å². The van der Waals surface area contributed by atoms with Gasteiger partial charge in [0.15, 0.2) is 0 Å². The van der Waals surface area contributed by atoms with Crippen LogP contribution in [-0.2, 0) is 4.74 Å². The van der Waals surface area contributed by atoms with Gasteiger partial charge in [-0.25, -0.2) is 0 Å². The molecule has 0 aromatic carbocycles. The minimum Gasteiger partial charge on any atom is -0.378 e. The summed E-state index contributed by atoms with van der Waals surface area (Å²) >= 11 is 0. The highest BCUT2D eigenvalue weighted by atomic mass is 16.5. The van der Waals surface area contributed by atoms with E-state index >= 15 is 0 Å². The van der Waals surface area contributed by atoms with Crippen LogP contribution in [0.4, 0.5) is 0 Å². The van der Waals surface area contributed by atoms with Gasteiger partial charge in [0.2, 0.25) is 0 Å². The molecule has 3 nitrogen and oxygen atoms in total. The van der Waals surface area contributed by atoms with Crippen LogP contribution in [0.5, 0.6) is 0 Å². The van der Waals surface area contributed by atoms with Gasteiger partial charge in [-0.2, -0.15) is 0 Å². The normalized spacial score (nSPS) is 31.4. The topological polar surface area (TPSA) is 24.5 Å². The average Bonchev–Trinajstić information content (AvgIpc) is 2.45. The Hall–Kier alpha value is -0.120. The molecule has 124 valence electrons. The molecule has 1 N–H and O–H groups in total. The van der Waals surface area contributed by atoms with Gasteiger partial charge in [-0.05, 0) is 50.5 Å². The third kappa shape index (κ3) is 4.67. The minimum absolute atomic E-state index is 0.447. The maximum atomic E-state index is 5.77. The van der Waals surface area contributed by atoms with E-state index in [-0.39, 0.29) is 0 Å². The molecule has 1 aliphatic heterocycles. The number of likely N-dealkylation sites (tertiary alicyclic amines) is 1. The molecule has 3 heteroatoms. The summed E-state index contributed by atoms with van der Waals surface area (Å²) in [5.41, 5.74) is 0.447. The van der Waals surface area contributed by atoms with Gasteiger partial charge in [0.05, 0.1) is 6.10 Å². The molecule has 0 spiro atoms. The smallest absolute Gasteiger partial charge is 0.0599 e. The first-order valence-electron chi connectivity index (χ1n) is 9.14. The maximum absolute atomic E-state index is 5.77. The summed E-state index contributed by atoms with van der Waals surface area (Å²) in [7, 11) is 0. The minimum atomic E-state index is 0.447. The highest BCUT2D eigenvalue weighted by molar-refractivity contribution is 4.94. The lowest BCUT2D eigenvalue weighted by molar-refractivity contribution is 0.00260. The predicted octanol–water partition coefficient (Wildman–Crippen LogP) is 3.29. The van der Waals surface area contributed by atoms with Crippen LogP contribution in [-0.4, -0.2) is 49.8 Å². The van der Waals surface area contributed by atoms with Gasteiger partial charge in [-0.3, -0.25) is 0 Å². The summed E-state index contributed by atoms with van der Waals surface area (Å²) in [5.74, 6) is 0.817. The van der Waals surface area contributed by atoms with Gasteiger partial charge in [-0.15, -0.1) is 0 Å². The molecule has 1 saturated heterocycles. The number of rotatable bonds is 6. The first-order valence-corrected chi connectivity index (χ1v) is 9.14. The zero-order valence-corrected chi connectivity index (χ0v) is 14.7. The molecule has 2 fully saturated rings. The summed E-state index contributed by atoms with van der Waals surface area (Å²) < 4.78 is 5.77. The number of nitrogens with one attached hydrogen (secondary N) is 1. The van der Waals surface area contributed by atoms with E-state index < -0.39 is 0 Å². The molecule has 2 unspecified atom stereocenters. The van der Waals surface area contributed by atoms with Crippen molar-refractivity contribution in [3.8, 4) is 0 Å². The van der Waals surface area contributed by atoms with Crippen molar-refractivity contribution in [2.75, 3.05) is 32.8 Å². The Morgan fingerprint density at radius 2 is 1.86 bits per heavy atom. The van der Waals surface area contributed by atoms with E-state index in [9.17, 15) is 0 Å². The molecule has 2 aliphatic rings. The van der Waals surface area contributed by atoms with Crippen LogP contribution in [0, 0.1) is 11.3 Å². The largest absolute Gasteiger partial charge is 0.378 e. The number of hydrogen-bond acceptors (Lipinski definition) is 3. The van der Waals surface area contributed by atoms with Crippen LogP contribution in [0.15, 0.2) is 0 Å². The lowest BCUT2D eigenvalue weighted by Gasteiger charge is -2.46. The second-order valence-corrected chi connectivity index (χ2v) is 7.63. The van der Waals surface area contributed by atoms with Crippen molar-refractivity contribution in [1.82, 2.24) is 10.2 Å². The highest BCUT2D eigenvalue weighted by Gasteiger charge is 2.39. The van der Waals surface area contributed by atoms with Crippen LogP contribution in [0.25, 0.3) is 0 Å². The summed E-state index contributed by atoms with van der Waals surface area (Å²) in [6.07, 6.45) is 7.11. The SMILES string of the molecule is CCNC1C(CN2CCC(OCC)CC2)CCCC1(C)C. The molecule has 2 rings (SSSR count). The van der Waals surface area contributed by atoms with Crippen LogP contribution in [0.1, 0.15) is 59.8 Å². The first-order chi connectivity index (χ1) is 10.1. The molecule has 1 aliphatic carbocycles. The van der Waals surface area contributed by atoms with E-state index in [4.69, 9.17) is 4.74 Å². The molecule has 0 aromatic rings. The summed E-state index contributed by atoms with van der Waals surface area (Å²) in [5, 5.41) is 3.79. The third-order valence-corrected chi connectivity index (χ3v) is 5.56. The van der Waals surface area contributed by atoms with Crippen molar-refractivity contribution in [2.45, 2.75) is 71.9 Å². The molecule has 0 amide bonds. The summed E-state index contributed by atoms with van der Waals surface area (Å²) in [6, 6.07) is 0.681. The van der Waals surface area contributed by atoms with Crippen molar-refractivity contribution >= 4 is 0 Å². The van der Waals surface area contributed by atoms with E-state index in [1.807, 2.05) is 0 Å². The van der Waals surface area contributed by atoms with Gasteiger partial charge in [0.25, 0.3) is 0 Å². The van der Waals surface area contributed by atoms with Crippen molar-refractivity contribution in [3.63, 3.8) is 0 Å². The second-order valence-electron chi connectivity index (χ2n) is 7.63. The van der Waals surface area contributed by atoms with Crippen molar-refractivity contribution < 1.29 is 4.74 Å². The quantitative estimate of drug-likeness (QED) is 0.814. The third-order valence-electron chi connectivity index (χ3n) is 5.56. The van der Waals surface area contributed by atoms with Crippen molar-refractivity contribution in [1.29, 1.82) is 0 Å². The maximum Gasteiger partial charge on any atom is 0.0599 e. The van der Waals surface area contributed by atoms with E-state index in [0.717, 1.165) is 19.1 Å². The molecule has 0 aromatic heterocycles. The van der Waals surface area contributed by atoms with Gasteiger partial charge in [0.1, 0.15) is 0 Å². The fourth-order valence-corrected chi connectivity index (χ4v) is 4.47. The number of hydrogen-bond donors (Lipinski definition) is 1. The Morgan fingerprint density at radius 1 is 1.14 bits per heavy atom. The van der Waals surface area contributed by atoms with Gasteiger partial charge < -0.3 is 15.0 Å². The standard InChI is InChI=1S/C18H36N2O/c1-5-19-17-15(8-7-11-18(17,3)4)14-20-12-9-16(10-13-20)21-6-2/h15-17,19H,5-14H2,1-4H3. The van der Waals surface area contributed by atoms with Crippen molar-refractivity contribution in [2.24, 2.45) is 11.3 Å². The number of ether oxygens (including phenoxy) is 1. The molecule has 0 bridgehead atoms. The average molecular weight is 296 g/mol. The van der Waals surface area contributed by atoms with E-state index in [1.54, 1.807) is 0 Å². The second kappa shape index (κ2) is 7.94. The molecule has 1 saturated carbocycles. The zero-order valence-electron chi connectivity index (χ0n) is 14.7. The lowest BCUT2D eigenvalue weighted by Crippen LogP contribution is -2.53. The highest BCUT2D eigenvalue weighted by Crippen LogP contribution is 2.39. The number of nitrogens with zero attached hydrogens (tertiary/aromatic N) is 1. The Morgan fingerprint density at radius 3 is 2.48 bits per heavy atom. The van der Waals surface area contributed by atoms with Crippen LogP contribution < -0.4 is 5.32 Å². The van der Waals surface area contributed by atoms with E-state index in [1.165, 1.54) is 51.7 Å². The van der Waals surface area contributed by atoms with E-state index in [2.05, 4.69) is 37.9 Å². The predicted molar refractivity (Wildman–Crippen MR) is 89.7 cm³/mol. The fourth-order valence-electron chi connectivity index (χ4n) is 4.47. The van der Waals surface area contributed by atoms with E-state index in [0.29, 0.717) is 17.6 Å². The molecule has 21 heavy (non-hydrogen) atoms. The summed E-state index contributed by atoms with van der Waals surface area (Å²) in [6.45, 7) is 14.9. The van der Waals surface area contributed by atoms with Crippen molar-refractivity contribution in [3.05, 3.63) is 0 Å². The molecule has 1 heterocycles. The molecular formula is C18H36N2O. The Kier molecular flexibility index (Phi) is 6.51. The van der Waals surface area contributed by atoms with Crippen LogP contribution >= 0.6 is 0 Å². The van der Waals surface area contributed by atoms with Gasteiger partial charge >= 0.3 is 0 Å². The van der Waals surface area contributed by atoms with Crippen LogP contribution in [0.2, 0.25) is 0 Å². The van der Waals surface area contributed by atoms with Crippen LogP contribution in [0.3, 0.4) is 0 Å². The first kappa shape index (κ1) is 17.2. The molecule has 2 atom stereocenters. The Bertz CT molecular complexity index is 298. The molecular weight excluding hydrogens is 260 g/mol. The lowest BCUT2D eigenvalue weighted by atomic mass is 9.67. The fraction of sp³-hybridized carbons (Fsp3) is 1.00. The summed E-state index contributed by atoms with van der Waals surface area (Å²) in [4.78, 5) is 2.69. The Balaban J connectivity index is 1.86. The Labute approximate surface area is 131 Å². The number of piperidine rings is 1. The monoisotopic (exact) mass is 296 g/mol. The zero-order chi connectivity index (χ0) is 15.3. The molecule has 0 radical (unpaired) electrons.